The highest BCUT2D eigenvalue weighted by molar-refractivity contribution is 6.07. The first-order chi connectivity index (χ1) is 12.7. The molecule has 0 saturated carbocycles. The molecule has 5 heteroatoms. The van der Waals surface area contributed by atoms with Crippen molar-refractivity contribution >= 4 is 16.8 Å². The van der Waals surface area contributed by atoms with Gasteiger partial charge in [-0.2, -0.15) is 0 Å². The smallest absolute Gasteiger partial charge is 0.254 e. The molecule has 1 amide bonds. The number of aliphatic hydroxyl groups is 1. The van der Waals surface area contributed by atoms with Crippen molar-refractivity contribution in [2.75, 3.05) is 26.8 Å². The van der Waals surface area contributed by atoms with Crippen molar-refractivity contribution in [3.63, 3.8) is 0 Å². The normalized spacial score (nSPS) is 10.7. The van der Waals surface area contributed by atoms with Crippen molar-refractivity contribution in [1.29, 1.82) is 0 Å². The van der Waals surface area contributed by atoms with E-state index in [0.29, 0.717) is 18.7 Å². The number of likely N-dealkylation sites (N-methyl/N-ethyl adjacent to an activating group) is 1. The first-order valence-electron chi connectivity index (χ1n) is 8.62. The highest BCUT2D eigenvalue weighted by atomic mass is 16.5. The summed E-state index contributed by atoms with van der Waals surface area (Å²) >= 11 is 0. The van der Waals surface area contributed by atoms with E-state index in [1.54, 1.807) is 12.0 Å². The van der Waals surface area contributed by atoms with Crippen LogP contribution in [-0.4, -0.2) is 47.7 Å². The van der Waals surface area contributed by atoms with Crippen LogP contribution >= 0.6 is 0 Å². The van der Waals surface area contributed by atoms with Crippen LogP contribution in [0.4, 0.5) is 0 Å². The number of carbonyl (C=O) groups is 1. The molecule has 0 radical (unpaired) electrons. The highest BCUT2D eigenvalue weighted by Crippen LogP contribution is 2.27. The first kappa shape index (κ1) is 17.9. The number of ether oxygens (including phenoxy) is 1. The largest absolute Gasteiger partial charge is 0.497 e. The van der Waals surface area contributed by atoms with Crippen LogP contribution in [0.25, 0.3) is 22.2 Å². The minimum absolute atomic E-state index is 0.0616. The summed E-state index contributed by atoms with van der Waals surface area (Å²) in [5.74, 6) is 0.667. The molecule has 0 unspecified atom stereocenters. The predicted molar refractivity (Wildman–Crippen MR) is 102 cm³/mol. The van der Waals surface area contributed by atoms with Crippen LogP contribution in [0.15, 0.2) is 54.6 Å². The maximum atomic E-state index is 13.0. The second kappa shape index (κ2) is 7.97. The monoisotopic (exact) mass is 350 g/mol. The van der Waals surface area contributed by atoms with E-state index in [0.717, 1.165) is 27.9 Å². The number of para-hydroxylation sites is 1. The number of hydrogen-bond donors (Lipinski definition) is 1. The number of benzene rings is 2. The number of fused-ring (bicyclic) bond motifs is 1. The Kier molecular flexibility index (Phi) is 5.49. The number of pyridine rings is 1. The Labute approximate surface area is 152 Å². The number of nitrogens with zero attached hydrogens (tertiary/aromatic N) is 2. The van der Waals surface area contributed by atoms with E-state index >= 15 is 0 Å². The lowest BCUT2D eigenvalue weighted by Crippen LogP contribution is -2.33. The van der Waals surface area contributed by atoms with Gasteiger partial charge in [-0.3, -0.25) is 4.79 Å². The third kappa shape index (κ3) is 3.53. The summed E-state index contributed by atoms with van der Waals surface area (Å²) in [6.07, 6.45) is 0. The Balaban J connectivity index is 2.13. The molecule has 134 valence electrons. The van der Waals surface area contributed by atoms with Gasteiger partial charge in [0, 0.05) is 24.0 Å². The molecule has 0 aliphatic heterocycles. The van der Waals surface area contributed by atoms with Gasteiger partial charge >= 0.3 is 0 Å². The summed E-state index contributed by atoms with van der Waals surface area (Å²) in [4.78, 5) is 19.4. The zero-order chi connectivity index (χ0) is 18.5. The number of aromatic nitrogens is 1. The molecule has 26 heavy (non-hydrogen) atoms. The Morgan fingerprint density at radius 1 is 1.15 bits per heavy atom. The van der Waals surface area contributed by atoms with Gasteiger partial charge in [-0.1, -0.05) is 18.2 Å². The number of carbonyl (C=O) groups excluding carboxylic acids is 1. The molecule has 0 fully saturated rings. The first-order valence-corrected chi connectivity index (χ1v) is 8.62. The fourth-order valence-corrected chi connectivity index (χ4v) is 2.96. The van der Waals surface area contributed by atoms with Crippen LogP contribution in [0.2, 0.25) is 0 Å². The van der Waals surface area contributed by atoms with Gasteiger partial charge in [0.05, 0.1) is 30.5 Å². The second-order valence-electron chi connectivity index (χ2n) is 5.91. The van der Waals surface area contributed by atoms with Crippen LogP contribution in [0, 0.1) is 0 Å². The van der Waals surface area contributed by atoms with Gasteiger partial charge in [0.2, 0.25) is 0 Å². The summed E-state index contributed by atoms with van der Waals surface area (Å²) in [5.41, 5.74) is 3.01. The molecule has 1 aromatic heterocycles. The molecule has 1 N–H and O–H groups in total. The molecule has 0 spiro atoms. The summed E-state index contributed by atoms with van der Waals surface area (Å²) in [7, 11) is 1.63. The number of amides is 1. The van der Waals surface area contributed by atoms with Crippen LogP contribution in [-0.2, 0) is 0 Å². The molecule has 0 aliphatic carbocycles. The topological polar surface area (TPSA) is 62.7 Å². The van der Waals surface area contributed by atoms with Crippen molar-refractivity contribution in [2.24, 2.45) is 0 Å². The molecule has 0 atom stereocenters. The standard InChI is InChI=1S/C21H22N2O3/c1-3-23(12-13-24)21(25)18-14-20(15-8-10-16(26-2)11-9-15)22-19-7-5-4-6-17(18)19/h4-11,14,24H,3,12-13H2,1-2H3. The van der Waals surface area contributed by atoms with Crippen LogP contribution in [0.3, 0.4) is 0 Å². The maximum Gasteiger partial charge on any atom is 0.254 e. The summed E-state index contributed by atoms with van der Waals surface area (Å²) in [6.45, 7) is 2.69. The van der Waals surface area contributed by atoms with Crippen LogP contribution in [0.1, 0.15) is 17.3 Å². The fraction of sp³-hybridized carbons (Fsp3) is 0.238. The molecule has 0 aliphatic rings. The van der Waals surface area contributed by atoms with Gasteiger partial charge in [0.25, 0.3) is 5.91 Å². The van der Waals surface area contributed by atoms with Crippen molar-refractivity contribution in [3.8, 4) is 17.0 Å². The third-order valence-corrected chi connectivity index (χ3v) is 4.37. The minimum Gasteiger partial charge on any atom is -0.497 e. The van der Waals surface area contributed by atoms with Gasteiger partial charge in [0.15, 0.2) is 0 Å². The molecule has 1 heterocycles. The molecule has 0 saturated heterocycles. The quantitative estimate of drug-likeness (QED) is 0.740. The lowest BCUT2D eigenvalue weighted by Gasteiger charge is -2.21. The van der Waals surface area contributed by atoms with Gasteiger partial charge in [-0.15, -0.1) is 0 Å². The van der Waals surface area contributed by atoms with E-state index < -0.39 is 0 Å². The van der Waals surface area contributed by atoms with Crippen LogP contribution < -0.4 is 4.74 Å². The summed E-state index contributed by atoms with van der Waals surface area (Å²) in [6, 6.07) is 17.0. The fourth-order valence-electron chi connectivity index (χ4n) is 2.96. The van der Waals surface area contributed by atoms with Crippen molar-refractivity contribution < 1.29 is 14.6 Å². The predicted octanol–water partition coefficient (Wildman–Crippen LogP) is 3.36. The zero-order valence-electron chi connectivity index (χ0n) is 15.0. The number of hydrogen-bond acceptors (Lipinski definition) is 4. The van der Waals surface area contributed by atoms with E-state index in [9.17, 15) is 9.90 Å². The lowest BCUT2D eigenvalue weighted by atomic mass is 10.0. The van der Waals surface area contributed by atoms with Crippen LogP contribution in [0.5, 0.6) is 5.75 Å². The van der Waals surface area contributed by atoms with Gasteiger partial charge in [-0.25, -0.2) is 4.98 Å². The molecule has 3 rings (SSSR count). The molecule has 0 bridgehead atoms. The minimum atomic E-state index is -0.102. The van der Waals surface area contributed by atoms with Crippen molar-refractivity contribution in [3.05, 3.63) is 60.2 Å². The Morgan fingerprint density at radius 3 is 2.54 bits per heavy atom. The van der Waals surface area contributed by atoms with Gasteiger partial charge in [-0.05, 0) is 43.3 Å². The number of aliphatic hydroxyl groups excluding tert-OH is 1. The average Bonchev–Trinajstić information content (AvgIpc) is 2.70. The molecular weight excluding hydrogens is 328 g/mol. The van der Waals surface area contributed by atoms with Gasteiger partial charge < -0.3 is 14.7 Å². The highest BCUT2D eigenvalue weighted by Gasteiger charge is 2.18. The Hall–Kier alpha value is -2.92. The summed E-state index contributed by atoms with van der Waals surface area (Å²) < 4.78 is 5.21. The third-order valence-electron chi connectivity index (χ3n) is 4.37. The zero-order valence-corrected chi connectivity index (χ0v) is 15.0. The number of methoxy groups -OCH3 is 1. The maximum absolute atomic E-state index is 13.0. The van der Waals surface area contributed by atoms with Crippen molar-refractivity contribution in [2.45, 2.75) is 6.92 Å². The second-order valence-corrected chi connectivity index (χ2v) is 5.91. The van der Waals surface area contributed by atoms with Gasteiger partial charge in [0.1, 0.15) is 5.75 Å². The molecule has 2 aromatic carbocycles. The van der Waals surface area contributed by atoms with E-state index in [1.165, 1.54) is 0 Å². The lowest BCUT2D eigenvalue weighted by molar-refractivity contribution is 0.0734. The van der Waals surface area contributed by atoms with Crippen molar-refractivity contribution in [1.82, 2.24) is 9.88 Å². The average molecular weight is 350 g/mol. The number of rotatable bonds is 6. The van der Waals surface area contributed by atoms with E-state index in [-0.39, 0.29) is 12.5 Å². The molecular formula is C21H22N2O3. The van der Waals surface area contributed by atoms with E-state index in [2.05, 4.69) is 0 Å². The molecule has 3 aromatic rings. The van der Waals surface area contributed by atoms with E-state index in [1.807, 2.05) is 61.5 Å². The summed E-state index contributed by atoms with van der Waals surface area (Å²) in [5, 5.41) is 10.1. The van der Waals surface area contributed by atoms with E-state index in [4.69, 9.17) is 9.72 Å². The molecule has 5 nitrogen and oxygen atoms in total. The SMILES string of the molecule is CCN(CCO)C(=O)c1cc(-c2ccc(OC)cc2)nc2ccccc12. The Bertz CT molecular complexity index is 907. The Morgan fingerprint density at radius 2 is 1.88 bits per heavy atom.